The molecular weight excluding hydrogens is 444 g/mol. The lowest BCUT2D eigenvalue weighted by atomic mass is 10.1. The summed E-state index contributed by atoms with van der Waals surface area (Å²) in [6, 6.07) is 11.9. The van der Waals surface area contributed by atoms with E-state index in [-0.39, 0.29) is 22.3 Å². The van der Waals surface area contributed by atoms with E-state index in [9.17, 15) is 22.8 Å². The zero-order valence-corrected chi connectivity index (χ0v) is 19.7. The number of amides is 1. The molecule has 3 rings (SSSR count). The lowest BCUT2D eigenvalue weighted by Gasteiger charge is -2.16. The maximum absolute atomic E-state index is 12.6. The molecule has 9 heteroatoms. The molecule has 1 saturated heterocycles. The van der Waals surface area contributed by atoms with Crippen LogP contribution < -0.4 is 5.32 Å². The number of Topliss-reactive ketones (excluding diaryl/α,β-unsaturated/α-hetero) is 1. The number of carbonyl (C=O) groups is 3. The van der Waals surface area contributed by atoms with E-state index >= 15 is 0 Å². The molecule has 0 radical (unpaired) electrons. The largest absolute Gasteiger partial charge is 0.451 e. The topological polar surface area (TPSA) is 110 Å². The number of hydrogen-bond acceptors (Lipinski definition) is 6. The second-order valence-electron chi connectivity index (χ2n) is 8.27. The smallest absolute Gasteiger partial charge is 0.338 e. The van der Waals surface area contributed by atoms with Crippen LogP contribution in [0.1, 0.15) is 54.3 Å². The summed E-state index contributed by atoms with van der Waals surface area (Å²) < 4.78 is 31.9. The molecule has 0 aliphatic carbocycles. The van der Waals surface area contributed by atoms with E-state index in [2.05, 4.69) is 5.32 Å². The van der Waals surface area contributed by atoms with E-state index in [0.717, 1.165) is 12.8 Å². The normalized spacial score (nSPS) is 15.3. The SMILES string of the molecule is CC(C)C(=O)Nc1ccc(C(=O)C(C)OC(=O)c2ccc(S(=O)(=O)N3CCCC3)cc2)cc1. The summed E-state index contributed by atoms with van der Waals surface area (Å²) in [6.07, 6.45) is 0.636. The van der Waals surface area contributed by atoms with E-state index in [4.69, 9.17) is 4.74 Å². The van der Waals surface area contributed by atoms with E-state index in [1.165, 1.54) is 35.5 Å². The van der Waals surface area contributed by atoms with Crippen molar-refractivity contribution in [2.45, 2.75) is 44.6 Å². The van der Waals surface area contributed by atoms with Crippen molar-refractivity contribution in [3.8, 4) is 0 Å². The number of esters is 1. The van der Waals surface area contributed by atoms with Crippen molar-refractivity contribution in [1.82, 2.24) is 4.31 Å². The maximum atomic E-state index is 12.6. The Bertz CT molecular complexity index is 1120. The number of ether oxygens (including phenoxy) is 1. The molecule has 1 N–H and O–H groups in total. The molecule has 8 nitrogen and oxygen atoms in total. The van der Waals surface area contributed by atoms with Crippen LogP contribution in [0.5, 0.6) is 0 Å². The van der Waals surface area contributed by atoms with Gasteiger partial charge in [-0.25, -0.2) is 13.2 Å². The van der Waals surface area contributed by atoms with Crippen LogP contribution in [0.2, 0.25) is 0 Å². The third kappa shape index (κ3) is 5.85. The third-order valence-electron chi connectivity index (χ3n) is 5.41. The van der Waals surface area contributed by atoms with Crippen molar-refractivity contribution in [2.75, 3.05) is 18.4 Å². The lowest BCUT2D eigenvalue weighted by Crippen LogP contribution is -2.28. The molecule has 1 atom stereocenters. The lowest BCUT2D eigenvalue weighted by molar-refractivity contribution is -0.118. The Balaban J connectivity index is 1.61. The fourth-order valence-electron chi connectivity index (χ4n) is 3.36. The molecule has 1 amide bonds. The number of nitrogens with zero attached hydrogens (tertiary/aromatic N) is 1. The number of ketones is 1. The Morgan fingerprint density at radius 1 is 0.879 bits per heavy atom. The van der Waals surface area contributed by atoms with Gasteiger partial charge in [-0.2, -0.15) is 4.31 Å². The average Bonchev–Trinajstić information content (AvgIpc) is 3.35. The van der Waals surface area contributed by atoms with E-state index < -0.39 is 27.9 Å². The van der Waals surface area contributed by atoms with Gasteiger partial charge >= 0.3 is 5.97 Å². The van der Waals surface area contributed by atoms with Crippen molar-refractivity contribution in [1.29, 1.82) is 0 Å². The molecule has 2 aromatic rings. The van der Waals surface area contributed by atoms with Crippen LogP contribution in [0.25, 0.3) is 0 Å². The number of sulfonamides is 1. The average molecular weight is 473 g/mol. The van der Waals surface area contributed by atoms with E-state index in [1.54, 1.807) is 38.1 Å². The highest BCUT2D eigenvalue weighted by Crippen LogP contribution is 2.21. The van der Waals surface area contributed by atoms with Crippen LogP contribution in [0.15, 0.2) is 53.4 Å². The molecule has 33 heavy (non-hydrogen) atoms. The molecule has 2 aromatic carbocycles. The number of benzene rings is 2. The summed E-state index contributed by atoms with van der Waals surface area (Å²) in [7, 11) is -3.57. The van der Waals surface area contributed by atoms with Crippen molar-refractivity contribution in [3.05, 3.63) is 59.7 Å². The number of anilines is 1. The molecule has 176 valence electrons. The van der Waals surface area contributed by atoms with Crippen molar-refractivity contribution < 1.29 is 27.5 Å². The molecule has 1 aliphatic heterocycles. The number of hydrogen-bond donors (Lipinski definition) is 1. The van der Waals surface area contributed by atoms with Crippen LogP contribution in [0.3, 0.4) is 0 Å². The van der Waals surface area contributed by atoms with Crippen LogP contribution in [0, 0.1) is 5.92 Å². The van der Waals surface area contributed by atoms with Gasteiger partial charge in [-0.15, -0.1) is 0 Å². The second-order valence-corrected chi connectivity index (χ2v) is 10.2. The Hall–Kier alpha value is -3.04. The highest BCUT2D eigenvalue weighted by atomic mass is 32.2. The quantitative estimate of drug-likeness (QED) is 0.465. The molecule has 0 bridgehead atoms. The summed E-state index contributed by atoms with van der Waals surface area (Å²) >= 11 is 0. The van der Waals surface area contributed by atoms with Gasteiger partial charge in [0.1, 0.15) is 0 Å². The molecule has 1 fully saturated rings. The number of carbonyl (C=O) groups excluding carboxylic acids is 3. The van der Waals surface area contributed by atoms with E-state index in [0.29, 0.717) is 24.3 Å². The van der Waals surface area contributed by atoms with E-state index in [1.807, 2.05) is 0 Å². The first-order chi connectivity index (χ1) is 15.6. The minimum Gasteiger partial charge on any atom is -0.451 e. The zero-order chi connectivity index (χ0) is 24.2. The highest BCUT2D eigenvalue weighted by Gasteiger charge is 2.27. The van der Waals surface area contributed by atoms with Gasteiger partial charge in [0.25, 0.3) is 0 Å². The van der Waals surface area contributed by atoms with Crippen LogP contribution in [0.4, 0.5) is 5.69 Å². The van der Waals surface area contributed by atoms with Gasteiger partial charge in [-0.05, 0) is 68.3 Å². The van der Waals surface area contributed by atoms with Crippen LogP contribution >= 0.6 is 0 Å². The Kier molecular flexibility index (Phi) is 7.65. The first kappa shape index (κ1) is 24.6. The monoisotopic (exact) mass is 472 g/mol. The predicted octanol–water partition coefficient (Wildman–Crippen LogP) is 3.49. The van der Waals surface area contributed by atoms with Crippen molar-refractivity contribution >= 4 is 33.4 Å². The van der Waals surface area contributed by atoms with Gasteiger partial charge in [-0.3, -0.25) is 9.59 Å². The highest BCUT2D eigenvalue weighted by molar-refractivity contribution is 7.89. The fraction of sp³-hybridized carbons (Fsp3) is 0.375. The standard InChI is InChI=1S/C24H28N2O6S/c1-16(2)23(28)25-20-10-6-18(7-11-20)22(27)17(3)32-24(29)19-8-12-21(13-9-19)33(30,31)26-14-4-5-15-26/h6-13,16-17H,4-5,14-15H2,1-3H3,(H,25,28). The predicted molar refractivity (Wildman–Crippen MR) is 124 cm³/mol. The molecule has 0 aromatic heterocycles. The first-order valence-electron chi connectivity index (χ1n) is 10.9. The first-order valence-corrected chi connectivity index (χ1v) is 12.3. The number of nitrogens with one attached hydrogen (secondary N) is 1. The molecule has 1 aliphatic rings. The van der Waals surface area contributed by atoms with Gasteiger partial charge < -0.3 is 10.1 Å². The zero-order valence-electron chi connectivity index (χ0n) is 18.9. The summed E-state index contributed by atoms with van der Waals surface area (Å²) in [5, 5.41) is 2.74. The number of rotatable bonds is 8. The van der Waals surface area contributed by atoms with Gasteiger partial charge in [0.05, 0.1) is 10.5 Å². The third-order valence-corrected chi connectivity index (χ3v) is 7.32. The molecule has 1 unspecified atom stereocenters. The summed E-state index contributed by atoms with van der Waals surface area (Å²) in [6.45, 7) is 6.03. The molecular formula is C24H28N2O6S. The molecule has 0 saturated carbocycles. The van der Waals surface area contributed by atoms with Crippen LogP contribution in [-0.4, -0.2) is 49.6 Å². The minimum atomic E-state index is -3.57. The second kappa shape index (κ2) is 10.3. The van der Waals surface area contributed by atoms with Gasteiger partial charge in [0.15, 0.2) is 6.10 Å². The molecule has 1 heterocycles. The maximum Gasteiger partial charge on any atom is 0.338 e. The Morgan fingerprint density at radius 3 is 1.97 bits per heavy atom. The van der Waals surface area contributed by atoms with Gasteiger partial charge in [0.2, 0.25) is 21.7 Å². The van der Waals surface area contributed by atoms with Crippen molar-refractivity contribution in [2.24, 2.45) is 5.92 Å². The Labute approximate surface area is 194 Å². The van der Waals surface area contributed by atoms with Gasteiger partial charge in [-0.1, -0.05) is 13.8 Å². The molecule has 0 spiro atoms. The minimum absolute atomic E-state index is 0.120. The summed E-state index contributed by atoms with van der Waals surface area (Å²) in [4.78, 5) is 37.0. The van der Waals surface area contributed by atoms with Gasteiger partial charge in [0, 0.05) is 30.3 Å². The Morgan fingerprint density at radius 2 is 1.42 bits per heavy atom. The summed E-state index contributed by atoms with van der Waals surface area (Å²) in [5.74, 6) is -1.41. The van der Waals surface area contributed by atoms with Crippen LogP contribution in [-0.2, 0) is 19.6 Å². The fourth-order valence-corrected chi connectivity index (χ4v) is 4.88. The van der Waals surface area contributed by atoms with Crippen molar-refractivity contribution in [3.63, 3.8) is 0 Å². The summed E-state index contributed by atoms with van der Waals surface area (Å²) in [5.41, 5.74) is 1.06.